The average molecular weight is 236 g/mol. The number of nitrogens with one attached hydrogen (secondary N) is 1. The predicted molar refractivity (Wildman–Crippen MR) is 67.6 cm³/mol. The molecule has 0 bridgehead atoms. The van der Waals surface area contributed by atoms with Crippen LogP contribution in [0.15, 0.2) is 30.3 Å². The first-order chi connectivity index (χ1) is 8.15. The summed E-state index contributed by atoms with van der Waals surface area (Å²) in [5.41, 5.74) is 1.09. The SMILES string of the molecule is CN(C)C(=O)CNC(CCO)c1ccccc1. The minimum Gasteiger partial charge on any atom is -0.396 e. The van der Waals surface area contributed by atoms with Gasteiger partial charge in [-0.2, -0.15) is 0 Å². The second-order valence-electron chi connectivity index (χ2n) is 4.14. The van der Waals surface area contributed by atoms with Crippen molar-refractivity contribution in [3.8, 4) is 0 Å². The van der Waals surface area contributed by atoms with Crippen LogP contribution in [0.3, 0.4) is 0 Å². The van der Waals surface area contributed by atoms with Crippen molar-refractivity contribution in [2.24, 2.45) is 0 Å². The number of hydrogen-bond acceptors (Lipinski definition) is 3. The highest BCUT2D eigenvalue weighted by molar-refractivity contribution is 5.77. The van der Waals surface area contributed by atoms with Gasteiger partial charge in [0.2, 0.25) is 5.91 Å². The van der Waals surface area contributed by atoms with E-state index < -0.39 is 0 Å². The zero-order valence-corrected chi connectivity index (χ0v) is 10.4. The van der Waals surface area contributed by atoms with Gasteiger partial charge in [0.15, 0.2) is 0 Å². The zero-order valence-electron chi connectivity index (χ0n) is 10.4. The molecular formula is C13H20N2O2. The highest BCUT2D eigenvalue weighted by atomic mass is 16.3. The summed E-state index contributed by atoms with van der Waals surface area (Å²) in [5, 5.41) is 12.2. The highest BCUT2D eigenvalue weighted by Gasteiger charge is 2.12. The molecule has 1 amide bonds. The van der Waals surface area contributed by atoms with Crippen LogP contribution in [-0.4, -0.2) is 43.2 Å². The first-order valence-electron chi connectivity index (χ1n) is 5.74. The number of aliphatic hydroxyl groups is 1. The molecule has 1 rings (SSSR count). The molecule has 0 aliphatic carbocycles. The van der Waals surface area contributed by atoms with Gasteiger partial charge in [-0.25, -0.2) is 0 Å². The fraction of sp³-hybridized carbons (Fsp3) is 0.462. The van der Waals surface area contributed by atoms with Crippen molar-refractivity contribution in [1.29, 1.82) is 0 Å². The van der Waals surface area contributed by atoms with E-state index in [0.29, 0.717) is 6.42 Å². The molecule has 1 aromatic rings. The summed E-state index contributed by atoms with van der Waals surface area (Å²) in [4.78, 5) is 13.0. The van der Waals surface area contributed by atoms with Crippen LogP contribution in [-0.2, 0) is 4.79 Å². The smallest absolute Gasteiger partial charge is 0.236 e. The fourth-order valence-electron chi connectivity index (χ4n) is 1.57. The van der Waals surface area contributed by atoms with Crippen molar-refractivity contribution in [1.82, 2.24) is 10.2 Å². The van der Waals surface area contributed by atoms with Crippen molar-refractivity contribution in [2.75, 3.05) is 27.2 Å². The lowest BCUT2D eigenvalue weighted by atomic mass is 10.0. The van der Waals surface area contributed by atoms with Gasteiger partial charge in [0.05, 0.1) is 6.54 Å². The van der Waals surface area contributed by atoms with Gasteiger partial charge in [-0.3, -0.25) is 4.79 Å². The third-order valence-electron chi connectivity index (χ3n) is 2.62. The third-order valence-corrected chi connectivity index (χ3v) is 2.62. The monoisotopic (exact) mass is 236 g/mol. The first-order valence-corrected chi connectivity index (χ1v) is 5.74. The molecule has 0 aliphatic heterocycles. The molecule has 0 radical (unpaired) electrons. The van der Waals surface area contributed by atoms with E-state index in [2.05, 4.69) is 5.32 Å². The lowest BCUT2D eigenvalue weighted by molar-refractivity contribution is -0.127. The summed E-state index contributed by atoms with van der Waals surface area (Å²) in [5.74, 6) is 0.0314. The maximum atomic E-state index is 11.5. The summed E-state index contributed by atoms with van der Waals surface area (Å²) in [6.45, 7) is 0.384. The van der Waals surface area contributed by atoms with E-state index >= 15 is 0 Å². The molecule has 1 aromatic carbocycles. The second-order valence-corrected chi connectivity index (χ2v) is 4.14. The van der Waals surface area contributed by atoms with Crippen molar-refractivity contribution < 1.29 is 9.90 Å². The number of rotatable bonds is 6. The van der Waals surface area contributed by atoms with Gasteiger partial charge in [0.1, 0.15) is 0 Å². The van der Waals surface area contributed by atoms with Crippen LogP contribution in [0.4, 0.5) is 0 Å². The molecule has 0 saturated heterocycles. The standard InChI is InChI=1S/C13H20N2O2/c1-15(2)13(17)10-14-12(8-9-16)11-6-4-3-5-7-11/h3-7,12,14,16H,8-10H2,1-2H3. The quantitative estimate of drug-likeness (QED) is 0.767. The zero-order chi connectivity index (χ0) is 12.7. The van der Waals surface area contributed by atoms with Crippen molar-refractivity contribution in [3.63, 3.8) is 0 Å². The number of carbonyl (C=O) groups excluding carboxylic acids is 1. The minimum atomic E-state index is 0.0186. The van der Waals surface area contributed by atoms with Gasteiger partial charge in [-0.05, 0) is 12.0 Å². The first kappa shape index (κ1) is 13.7. The van der Waals surface area contributed by atoms with Crippen LogP contribution in [0, 0.1) is 0 Å². The molecule has 0 fully saturated rings. The Kier molecular flexibility index (Phi) is 5.66. The Hall–Kier alpha value is -1.39. The lowest BCUT2D eigenvalue weighted by Gasteiger charge is -2.19. The average Bonchev–Trinajstić information content (AvgIpc) is 2.35. The van der Waals surface area contributed by atoms with Gasteiger partial charge in [0.25, 0.3) is 0 Å². The number of carbonyl (C=O) groups is 1. The Morgan fingerprint density at radius 1 is 1.35 bits per heavy atom. The Morgan fingerprint density at radius 3 is 2.53 bits per heavy atom. The fourth-order valence-corrected chi connectivity index (χ4v) is 1.57. The van der Waals surface area contributed by atoms with Crippen LogP contribution in [0.25, 0.3) is 0 Å². The minimum absolute atomic E-state index is 0.0186. The van der Waals surface area contributed by atoms with Gasteiger partial charge in [-0.15, -0.1) is 0 Å². The number of hydrogen-bond donors (Lipinski definition) is 2. The molecule has 17 heavy (non-hydrogen) atoms. The van der Waals surface area contributed by atoms with Crippen LogP contribution >= 0.6 is 0 Å². The Labute approximate surface area is 102 Å². The van der Waals surface area contributed by atoms with Crippen molar-refractivity contribution >= 4 is 5.91 Å². The van der Waals surface area contributed by atoms with E-state index in [0.717, 1.165) is 5.56 Å². The van der Waals surface area contributed by atoms with E-state index in [1.165, 1.54) is 0 Å². The second kappa shape index (κ2) is 7.04. The summed E-state index contributed by atoms with van der Waals surface area (Å²) >= 11 is 0. The maximum Gasteiger partial charge on any atom is 0.236 e. The molecule has 4 heteroatoms. The molecule has 0 heterocycles. The van der Waals surface area contributed by atoms with Gasteiger partial charge in [0, 0.05) is 26.7 Å². The maximum absolute atomic E-state index is 11.5. The van der Waals surface area contributed by atoms with E-state index in [1.54, 1.807) is 19.0 Å². The van der Waals surface area contributed by atoms with Crippen molar-refractivity contribution in [3.05, 3.63) is 35.9 Å². The number of benzene rings is 1. The van der Waals surface area contributed by atoms with Gasteiger partial charge < -0.3 is 15.3 Å². The molecule has 0 aliphatic rings. The third kappa shape index (κ3) is 4.54. The van der Waals surface area contributed by atoms with Crippen LogP contribution < -0.4 is 5.32 Å². The summed E-state index contributed by atoms with van der Waals surface area (Å²) < 4.78 is 0. The van der Waals surface area contributed by atoms with Gasteiger partial charge >= 0.3 is 0 Å². The predicted octanol–water partition coefficient (Wildman–Crippen LogP) is 0.788. The van der Waals surface area contributed by atoms with E-state index in [-0.39, 0.29) is 25.1 Å². The Bertz CT molecular complexity index is 339. The molecule has 1 atom stereocenters. The van der Waals surface area contributed by atoms with Crippen LogP contribution in [0.2, 0.25) is 0 Å². The Morgan fingerprint density at radius 2 is 2.00 bits per heavy atom. The topological polar surface area (TPSA) is 52.6 Å². The summed E-state index contributed by atoms with van der Waals surface area (Å²) in [6, 6.07) is 9.86. The van der Waals surface area contributed by atoms with E-state index in [9.17, 15) is 4.79 Å². The summed E-state index contributed by atoms with van der Waals surface area (Å²) in [7, 11) is 3.46. The highest BCUT2D eigenvalue weighted by Crippen LogP contribution is 2.15. The van der Waals surface area contributed by atoms with E-state index in [1.807, 2.05) is 30.3 Å². The number of aliphatic hydroxyl groups excluding tert-OH is 1. The Balaban J connectivity index is 2.58. The normalized spacial score (nSPS) is 12.2. The largest absolute Gasteiger partial charge is 0.396 e. The molecule has 0 aromatic heterocycles. The molecule has 1 unspecified atom stereocenters. The number of amides is 1. The molecule has 94 valence electrons. The number of nitrogens with zero attached hydrogens (tertiary/aromatic N) is 1. The summed E-state index contributed by atoms with van der Waals surface area (Å²) in [6.07, 6.45) is 0.602. The number of likely N-dealkylation sites (N-methyl/N-ethyl adjacent to an activating group) is 1. The van der Waals surface area contributed by atoms with E-state index in [4.69, 9.17) is 5.11 Å². The van der Waals surface area contributed by atoms with Crippen LogP contribution in [0.1, 0.15) is 18.0 Å². The molecule has 2 N–H and O–H groups in total. The molecule has 0 saturated carbocycles. The molecular weight excluding hydrogens is 216 g/mol. The lowest BCUT2D eigenvalue weighted by Crippen LogP contribution is -2.35. The van der Waals surface area contributed by atoms with Gasteiger partial charge in [-0.1, -0.05) is 30.3 Å². The van der Waals surface area contributed by atoms with Crippen LogP contribution in [0.5, 0.6) is 0 Å². The molecule has 4 nitrogen and oxygen atoms in total. The molecule has 0 spiro atoms. The van der Waals surface area contributed by atoms with Crippen molar-refractivity contribution in [2.45, 2.75) is 12.5 Å².